The van der Waals surface area contributed by atoms with Gasteiger partial charge in [0.25, 0.3) is 0 Å². The Morgan fingerprint density at radius 1 is 1.17 bits per heavy atom. The fourth-order valence-electron chi connectivity index (χ4n) is 2.85. The molecule has 1 aromatic heterocycles. The average Bonchev–Trinajstić information content (AvgIpc) is 2.63. The molecule has 6 heteroatoms. The summed E-state index contributed by atoms with van der Waals surface area (Å²) < 4.78 is 0. The number of nitrogens with one attached hydrogen (secondary N) is 2. The number of aromatic nitrogens is 2. The fourth-order valence-corrected chi connectivity index (χ4v) is 2.85. The van der Waals surface area contributed by atoms with Gasteiger partial charge in [0, 0.05) is 12.6 Å². The highest BCUT2D eigenvalue weighted by Gasteiger charge is 2.20. The second kappa shape index (κ2) is 7.75. The van der Waals surface area contributed by atoms with E-state index in [0.29, 0.717) is 23.9 Å². The standard InChI is InChI=1S/C18H21N5O/c19-10-14-12-21-18(20-11-13-4-2-1-3-5-13)23-17(14)22-15-6-8-16(24)9-7-15/h1-5,12,15-16,24H,6-9,11H2,(H2,20,21,22,23)/t15-,16+. The maximum atomic E-state index is 9.60. The highest BCUT2D eigenvalue weighted by Crippen LogP contribution is 2.23. The largest absolute Gasteiger partial charge is 0.393 e. The van der Waals surface area contributed by atoms with Gasteiger partial charge in [0.2, 0.25) is 5.95 Å². The Hall–Kier alpha value is -2.65. The maximum Gasteiger partial charge on any atom is 0.224 e. The van der Waals surface area contributed by atoms with Crippen molar-refractivity contribution in [1.82, 2.24) is 9.97 Å². The maximum absolute atomic E-state index is 9.60. The van der Waals surface area contributed by atoms with E-state index < -0.39 is 0 Å². The van der Waals surface area contributed by atoms with Crippen molar-refractivity contribution in [3.8, 4) is 6.07 Å². The first kappa shape index (κ1) is 16.2. The molecule has 24 heavy (non-hydrogen) atoms. The van der Waals surface area contributed by atoms with Crippen LogP contribution in [0.4, 0.5) is 11.8 Å². The van der Waals surface area contributed by atoms with Crippen LogP contribution in [0.3, 0.4) is 0 Å². The van der Waals surface area contributed by atoms with Crippen LogP contribution in [-0.2, 0) is 6.54 Å². The van der Waals surface area contributed by atoms with Crippen molar-refractivity contribution < 1.29 is 5.11 Å². The molecule has 6 nitrogen and oxygen atoms in total. The van der Waals surface area contributed by atoms with Gasteiger partial charge in [0.05, 0.1) is 12.3 Å². The van der Waals surface area contributed by atoms with E-state index in [1.165, 1.54) is 0 Å². The van der Waals surface area contributed by atoms with Crippen LogP contribution < -0.4 is 10.6 Å². The van der Waals surface area contributed by atoms with Gasteiger partial charge in [0.15, 0.2) is 0 Å². The summed E-state index contributed by atoms with van der Waals surface area (Å²) in [5.74, 6) is 1.06. The molecule has 124 valence electrons. The average molecular weight is 323 g/mol. The molecule has 0 radical (unpaired) electrons. The van der Waals surface area contributed by atoms with Gasteiger partial charge in [-0.15, -0.1) is 0 Å². The normalized spacial score (nSPS) is 20.2. The Morgan fingerprint density at radius 2 is 1.92 bits per heavy atom. The lowest BCUT2D eigenvalue weighted by atomic mass is 9.93. The third-order valence-corrected chi connectivity index (χ3v) is 4.24. The molecule has 0 bridgehead atoms. The number of nitrogens with zero attached hydrogens (tertiary/aromatic N) is 3. The molecular formula is C18H21N5O. The summed E-state index contributed by atoms with van der Waals surface area (Å²) in [6.45, 7) is 0.627. The van der Waals surface area contributed by atoms with E-state index in [0.717, 1.165) is 31.2 Å². The number of hydrogen-bond acceptors (Lipinski definition) is 6. The van der Waals surface area contributed by atoms with Crippen molar-refractivity contribution in [3.63, 3.8) is 0 Å². The van der Waals surface area contributed by atoms with Gasteiger partial charge in [-0.1, -0.05) is 30.3 Å². The second-order valence-electron chi connectivity index (χ2n) is 6.06. The van der Waals surface area contributed by atoms with E-state index in [4.69, 9.17) is 0 Å². The number of aliphatic hydroxyl groups is 1. The Morgan fingerprint density at radius 3 is 2.62 bits per heavy atom. The van der Waals surface area contributed by atoms with Crippen LogP contribution >= 0.6 is 0 Å². The molecule has 1 aliphatic carbocycles. The van der Waals surface area contributed by atoms with Crippen LogP contribution in [0.1, 0.15) is 36.8 Å². The van der Waals surface area contributed by atoms with Gasteiger partial charge < -0.3 is 15.7 Å². The van der Waals surface area contributed by atoms with Crippen molar-refractivity contribution in [2.45, 2.75) is 44.4 Å². The van der Waals surface area contributed by atoms with E-state index >= 15 is 0 Å². The van der Waals surface area contributed by atoms with Gasteiger partial charge in [-0.05, 0) is 31.2 Å². The lowest BCUT2D eigenvalue weighted by Crippen LogP contribution is -2.29. The predicted molar refractivity (Wildman–Crippen MR) is 92.4 cm³/mol. The fraction of sp³-hybridized carbons (Fsp3) is 0.389. The van der Waals surface area contributed by atoms with E-state index in [1.807, 2.05) is 30.3 Å². The molecule has 0 spiro atoms. The number of rotatable bonds is 5. The van der Waals surface area contributed by atoms with Crippen LogP contribution in [0.2, 0.25) is 0 Å². The van der Waals surface area contributed by atoms with Crippen LogP contribution in [0.5, 0.6) is 0 Å². The van der Waals surface area contributed by atoms with Gasteiger partial charge in [-0.2, -0.15) is 10.2 Å². The molecule has 0 atom stereocenters. The van der Waals surface area contributed by atoms with E-state index in [2.05, 4.69) is 26.7 Å². The molecule has 0 aliphatic heterocycles. The molecule has 1 heterocycles. The molecular weight excluding hydrogens is 302 g/mol. The summed E-state index contributed by atoms with van der Waals surface area (Å²) in [7, 11) is 0. The summed E-state index contributed by atoms with van der Waals surface area (Å²) in [5.41, 5.74) is 1.58. The smallest absolute Gasteiger partial charge is 0.224 e. The zero-order chi connectivity index (χ0) is 16.8. The third kappa shape index (κ3) is 4.21. The Labute approximate surface area is 141 Å². The summed E-state index contributed by atoms with van der Waals surface area (Å²) in [6, 6.07) is 12.4. The quantitative estimate of drug-likeness (QED) is 0.783. The monoisotopic (exact) mass is 323 g/mol. The van der Waals surface area contributed by atoms with Crippen molar-refractivity contribution >= 4 is 11.8 Å². The van der Waals surface area contributed by atoms with Gasteiger partial charge in [-0.3, -0.25) is 0 Å². The highest BCUT2D eigenvalue weighted by molar-refractivity contribution is 5.54. The first-order valence-corrected chi connectivity index (χ1v) is 8.24. The molecule has 1 aromatic carbocycles. The third-order valence-electron chi connectivity index (χ3n) is 4.24. The summed E-state index contributed by atoms with van der Waals surface area (Å²) >= 11 is 0. The molecule has 1 fully saturated rings. The SMILES string of the molecule is N#Cc1cnc(NCc2ccccc2)nc1N[C@H]1CC[C@@H](O)CC1. The van der Waals surface area contributed by atoms with Gasteiger partial charge >= 0.3 is 0 Å². The van der Waals surface area contributed by atoms with Crippen LogP contribution in [-0.4, -0.2) is 27.2 Å². The molecule has 0 saturated heterocycles. The molecule has 1 saturated carbocycles. The van der Waals surface area contributed by atoms with E-state index in [9.17, 15) is 10.4 Å². The topological polar surface area (TPSA) is 93.9 Å². The van der Waals surface area contributed by atoms with Crippen LogP contribution in [0.25, 0.3) is 0 Å². The zero-order valence-electron chi connectivity index (χ0n) is 13.4. The molecule has 0 amide bonds. The predicted octanol–water partition coefficient (Wildman–Crippen LogP) is 2.68. The summed E-state index contributed by atoms with van der Waals surface area (Å²) in [6.07, 6.45) is 4.66. The van der Waals surface area contributed by atoms with E-state index in [-0.39, 0.29) is 12.1 Å². The van der Waals surface area contributed by atoms with Gasteiger partial charge in [0.1, 0.15) is 17.5 Å². The first-order chi connectivity index (χ1) is 11.7. The summed E-state index contributed by atoms with van der Waals surface area (Å²) in [5, 5.41) is 25.4. The number of benzene rings is 1. The highest BCUT2D eigenvalue weighted by atomic mass is 16.3. The van der Waals surface area contributed by atoms with E-state index in [1.54, 1.807) is 6.20 Å². The van der Waals surface area contributed by atoms with Crippen molar-refractivity contribution in [2.24, 2.45) is 0 Å². The number of hydrogen-bond donors (Lipinski definition) is 3. The molecule has 2 aromatic rings. The Bertz CT molecular complexity index is 705. The van der Waals surface area contributed by atoms with Crippen molar-refractivity contribution in [3.05, 3.63) is 47.7 Å². The zero-order valence-corrected chi connectivity index (χ0v) is 13.4. The molecule has 3 rings (SSSR count). The lowest BCUT2D eigenvalue weighted by Gasteiger charge is -2.26. The number of nitriles is 1. The van der Waals surface area contributed by atoms with Crippen molar-refractivity contribution in [1.29, 1.82) is 5.26 Å². The molecule has 3 N–H and O–H groups in total. The minimum atomic E-state index is -0.202. The van der Waals surface area contributed by atoms with Crippen molar-refractivity contribution in [2.75, 3.05) is 10.6 Å². The second-order valence-corrected chi connectivity index (χ2v) is 6.06. The minimum Gasteiger partial charge on any atom is -0.393 e. The van der Waals surface area contributed by atoms with Crippen LogP contribution in [0.15, 0.2) is 36.5 Å². The van der Waals surface area contributed by atoms with Gasteiger partial charge in [-0.25, -0.2) is 4.98 Å². The number of anilines is 2. The Kier molecular flexibility index (Phi) is 5.24. The Balaban J connectivity index is 1.67. The summed E-state index contributed by atoms with van der Waals surface area (Å²) in [4.78, 5) is 8.66. The lowest BCUT2D eigenvalue weighted by molar-refractivity contribution is 0.126. The minimum absolute atomic E-state index is 0.202. The first-order valence-electron chi connectivity index (χ1n) is 8.24. The number of aliphatic hydroxyl groups excluding tert-OH is 1. The molecule has 0 unspecified atom stereocenters. The molecule has 1 aliphatic rings. The van der Waals surface area contributed by atoms with Crippen LogP contribution in [0, 0.1) is 11.3 Å².